The average Bonchev–Trinajstić information content (AvgIpc) is 2.64. The minimum atomic E-state index is -3.93. The van der Waals surface area contributed by atoms with Crippen LogP contribution in [-0.4, -0.2) is 36.9 Å². The highest BCUT2D eigenvalue weighted by Crippen LogP contribution is 2.19. The number of unbranched alkanes of at least 4 members (excludes halogenated alkanes) is 15. The van der Waals surface area contributed by atoms with Crippen LogP contribution in [0.2, 0.25) is 0 Å². The molecule has 0 fully saturated rings. The molecule has 8 heteroatoms. The maximum Gasteiger partial charge on any atom is 0.267 e. The molecule has 1 unspecified atom stereocenters. The normalized spacial score (nSPS) is 13.6. The lowest BCUT2D eigenvalue weighted by Gasteiger charge is -2.13. The molecule has 0 saturated carbocycles. The first-order chi connectivity index (χ1) is 14.2. The molecule has 1 atom stereocenters. The van der Waals surface area contributed by atoms with Gasteiger partial charge in [0.15, 0.2) is 0 Å². The van der Waals surface area contributed by atoms with Crippen LogP contribution in [0.4, 0.5) is 0 Å². The molecule has 0 aliphatic heterocycles. The van der Waals surface area contributed by atoms with Crippen molar-refractivity contribution in [3.63, 3.8) is 0 Å². The highest BCUT2D eigenvalue weighted by atomic mass is 32.2. The van der Waals surface area contributed by atoms with Crippen LogP contribution in [0.1, 0.15) is 129 Å². The highest BCUT2D eigenvalue weighted by Gasteiger charge is 2.21. The summed E-state index contributed by atoms with van der Waals surface area (Å²) in [6, 6.07) is 0. The van der Waals surface area contributed by atoms with Crippen molar-refractivity contribution in [1.29, 1.82) is 0 Å². The quantitative estimate of drug-likeness (QED) is 0.137. The van der Waals surface area contributed by atoms with Gasteiger partial charge >= 0.3 is 0 Å². The van der Waals surface area contributed by atoms with E-state index in [0.717, 1.165) is 70.6 Å². The lowest BCUT2D eigenvalue weighted by Crippen LogP contribution is -2.20. The first kappa shape index (κ1) is 29.8. The Morgan fingerprint density at radius 1 is 0.533 bits per heavy atom. The largest absolute Gasteiger partial charge is 0.286 e. The summed E-state index contributed by atoms with van der Waals surface area (Å²) >= 11 is 0. The van der Waals surface area contributed by atoms with Gasteiger partial charge in [-0.15, -0.1) is 0 Å². The first-order valence-electron chi connectivity index (χ1n) is 12.1. The van der Waals surface area contributed by atoms with E-state index < -0.39 is 25.5 Å². The molecule has 0 aromatic carbocycles. The third kappa shape index (κ3) is 21.1. The third-order valence-electron chi connectivity index (χ3n) is 5.73. The topological polar surface area (TPSA) is 109 Å². The Labute approximate surface area is 186 Å². The van der Waals surface area contributed by atoms with E-state index >= 15 is 0 Å². The number of hydrogen-bond acceptors (Lipinski definition) is 4. The molecule has 0 rings (SSSR count). The molecule has 0 spiro atoms. The van der Waals surface area contributed by atoms with Crippen LogP contribution in [0.5, 0.6) is 0 Å². The van der Waals surface area contributed by atoms with E-state index in [1.54, 1.807) is 0 Å². The van der Waals surface area contributed by atoms with Crippen LogP contribution in [0.15, 0.2) is 0 Å². The molecule has 0 aromatic rings. The summed E-state index contributed by atoms with van der Waals surface area (Å²) in [5, 5.41) is -0.593. The monoisotopic (exact) mass is 470 g/mol. The van der Waals surface area contributed by atoms with Crippen LogP contribution in [-0.2, 0) is 20.2 Å². The van der Waals surface area contributed by atoms with Crippen LogP contribution < -0.4 is 0 Å². The average molecular weight is 471 g/mol. The van der Waals surface area contributed by atoms with Gasteiger partial charge in [0.05, 0.1) is 11.0 Å². The van der Waals surface area contributed by atoms with Crippen molar-refractivity contribution in [2.24, 2.45) is 0 Å². The van der Waals surface area contributed by atoms with Crippen molar-refractivity contribution in [3.05, 3.63) is 0 Å². The van der Waals surface area contributed by atoms with Gasteiger partial charge in [-0.25, -0.2) is 0 Å². The fourth-order valence-corrected chi connectivity index (χ4v) is 5.34. The van der Waals surface area contributed by atoms with E-state index in [9.17, 15) is 21.4 Å². The molecule has 0 aliphatic rings. The van der Waals surface area contributed by atoms with Crippen LogP contribution >= 0.6 is 0 Å². The SMILES string of the molecule is CCCCCCCCC(CCCCCCCCCCCCCS(=O)(=O)O)S(=O)(=O)O. The van der Waals surface area contributed by atoms with Gasteiger partial charge in [-0.3, -0.25) is 9.11 Å². The summed E-state index contributed by atoms with van der Waals surface area (Å²) in [6.45, 7) is 2.18. The van der Waals surface area contributed by atoms with Gasteiger partial charge in [0.2, 0.25) is 0 Å². The van der Waals surface area contributed by atoms with Crippen molar-refractivity contribution in [2.75, 3.05) is 5.75 Å². The van der Waals surface area contributed by atoms with E-state index in [1.807, 2.05) is 0 Å². The van der Waals surface area contributed by atoms with Gasteiger partial charge in [-0.05, 0) is 19.3 Å². The second kappa shape index (κ2) is 18.4. The minimum absolute atomic E-state index is 0.135. The maximum absolute atomic E-state index is 11.6. The lowest BCUT2D eigenvalue weighted by molar-refractivity contribution is 0.442. The third-order valence-corrected chi connectivity index (χ3v) is 7.85. The summed E-state index contributed by atoms with van der Waals surface area (Å²) in [4.78, 5) is 0. The Hall–Kier alpha value is -0.180. The lowest BCUT2D eigenvalue weighted by atomic mass is 10.0. The van der Waals surface area contributed by atoms with E-state index in [-0.39, 0.29) is 5.75 Å². The Kier molecular flexibility index (Phi) is 18.3. The Balaban J connectivity index is 3.59. The zero-order valence-electron chi connectivity index (χ0n) is 19.1. The molecule has 0 saturated heterocycles. The Morgan fingerprint density at radius 3 is 1.20 bits per heavy atom. The standard InChI is InChI=1S/C22H46O6S2/c1-2-3-4-5-13-16-19-22(30(26,27)28)20-17-14-11-9-7-6-8-10-12-15-18-21-29(23,24)25/h22H,2-21H2,1H3,(H,23,24,25)(H,26,27,28). The van der Waals surface area contributed by atoms with Crippen LogP contribution in [0.3, 0.4) is 0 Å². The zero-order chi connectivity index (χ0) is 22.7. The molecule has 0 radical (unpaired) electrons. The second-order valence-electron chi connectivity index (χ2n) is 8.66. The molecule has 30 heavy (non-hydrogen) atoms. The van der Waals surface area contributed by atoms with Crippen molar-refractivity contribution in [3.8, 4) is 0 Å². The molecule has 0 aromatic heterocycles. The van der Waals surface area contributed by atoms with E-state index in [1.165, 1.54) is 32.1 Å². The fourth-order valence-electron chi connectivity index (χ4n) is 3.84. The first-order valence-corrected chi connectivity index (χ1v) is 15.2. The van der Waals surface area contributed by atoms with Crippen LogP contribution in [0, 0.1) is 0 Å². The van der Waals surface area contributed by atoms with Gasteiger partial charge in [-0.1, -0.05) is 110 Å². The van der Waals surface area contributed by atoms with E-state index in [4.69, 9.17) is 4.55 Å². The summed E-state index contributed by atoms with van der Waals surface area (Å²) in [5.41, 5.74) is 0. The predicted octanol–water partition coefficient (Wildman–Crippen LogP) is 6.56. The highest BCUT2D eigenvalue weighted by molar-refractivity contribution is 7.86. The van der Waals surface area contributed by atoms with E-state index in [0.29, 0.717) is 19.3 Å². The summed E-state index contributed by atoms with van der Waals surface area (Å²) in [6.07, 6.45) is 18.9. The summed E-state index contributed by atoms with van der Waals surface area (Å²) < 4.78 is 62.5. The predicted molar refractivity (Wildman–Crippen MR) is 125 cm³/mol. The molecule has 6 nitrogen and oxygen atoms in total. The van der Waals surface area contributed by atoms with Gasteiger partial charge in [-0.2, -0.15) is 16.8 Å². The van der Waals surface area contributed by atoms with Crippen molar-refractivity contribution in [2.45, 2.75) is 134 Å². The molecule has 0 aliphatic carbocycles. The zero-order valence-corrected chi connectivity index (χ0v) is 20.7. The van der Waals surface area contributed by atoms with Gasteiger partial charge < -0.3 is 0 Å². The van der Waals surface area contributed by atoms with Gasteiger partial charge in [0, 0.05) is 0 Å². The summed E-state index contributed by atoms with van der Waals surface area (Å²) in [5.74, 6) is -0.135. The molecule has 0 amide bonds. The van der Waals surface area contributed by atoms with Crippen molar-refractivity contribution >= 4 is 20.2 Å². The number of rotatable bonds is 22. The Morgan fingerprint density at radius 2 is 0.867 bits per heavy atom. The molecular weight excluding hydrogens is 424 g/mol. The van der Waals surface area contributed by atoms with Gasteiger partial charge in [0.25, 0.3) is 20.2 Å². The van der Waals surface area contributed by atoms with Crippen LogP contribution in [0.25, 0.3) is 0 Å². The fraction of sp³-hybridized carbons (Fsp3) is 1.00. The van der Waals surface area contributed by atoms with E-state index in [2.05, 4.69) is 6.92 Å². The second-order valence-corrected chi connectivity index (χ2v) is 11.9. The molecular formula is C22H46O6S2. The smallest absolute Gasteiger partial charge is 0.267 e. The summed E-state index contributed by atoms with van der Waals surface area (Å²) in [7, 11) is -7.74. The molecule has 0 bridgehead atoms. The maximum atomic E-state index is 11.6. The van der Waals surface area contributed by atoms with Crippen molar-refractivity contribution < 1.29 is 25.9 Å². The molecule has 2 N–H and O–H groups in total. The Bertz CT molecular complexity index is 587. The van der Waals surface area contributed by atoms with Crippen molar-refractivity contribution in [1.82, 2.24) is 0 Å². The number of hydrogen-bond donors (Lipinski definition) is 2. The molecule has 182 valence electrons. The van der Waals surface area contributed by atoms with Gasteiger partial charge in [0.1, 0.15) is 0 Å². The molecule has 0 heterocycles. The minimum Gasteiger partial charge on any atom is -0.286 e.